The molecular weight excluding hydrogens is 254 g/mol. The van der Waals surface area contributed by atoms with Crippen molar-refractivity contribution >= 4 is 10.0 Å². The highest BCUT2D eigenvalue weighted by atomic mass is 32.2. The Bertz CT molecular complexity index is 527. The highest BCUT2D eigenvalue weighted by Gasteiger charge is 2.17. The summed E-state index contributed by atoms with van der Waals surface area (Å²) in [6, 6.07) is 5.18. The minimum Gasteiger partial charge on any atom is -0.486 e. The Labute approximate surface area is 107 Å². The number of hydrogen-bond donors (Lipinski definition) is 1. The molecule has 2 rings (SSSR count). The van der Waals surface area contributed by atoms with E-state index in [0.717, 1.165) is 5.56 Å². The number of ether oxygens (including phenoxy) is 2. The molecule has 0 radical (unpaired) electrons. The predicted molar refractivity (Wildman–Crippen MR) is 68.4 cm³/mol. The molecule has 0 saturated heterocycles. The van der Waals surface area contributed by atoms with Gasteiger partial charge in [0.2, 0.25) is 10.0 Å². The summed E-state index contributed by atoms with van der Waals surface area (Å²) in [5, 5.41) is 0. The van der Waals surface area contributed by atoms with Crippen molar-refractivity contribution in [1.29, 1.82) is 0 Å². The lowest BCUT2D eigenvalue weighted by molar-refractivity contribution is 0.171. The van der Waals surface area contributed by atoms with Crippen molar-refractivity contribution in [3.63, 3.8) is 0 Å². The summed E-state index contributed by atoms with van der Waals surface area (Å²) in [6.45, 7) is 4.48. The molecule has 1 aromatic rings. The van der Waals surface area contributed by atoms with Crippen molar-refractivity contribution in [2.75, 3.05) is 19.0 Å². The van der Waals surface area contributed by atoms with Gasteiger partial charge in [0.15, 0.2) is 11.5 Å². The zero-order valence-corrected chi connectivity index (χ0v) is 11.3. The topological polar surface area (TPSA) is 64.6 Å². The summed E-state index contributed by atoms with van der Waals surface area (Å²) in [4.78, 5) is 0. The summed E-state index contributed by atoms with van der Waals surface area (Å²) in [7, 11) is -3.21. The first-order chi connectivity index (χ1) is 8.52. The van der Waals surface area contributed by atoms with Crippen molar-refractivity contribution in [3.8, 4) is 11.5 Å². The lowest BCUT2D eigenvalue weighted by Gasteiger charge is -2.21. The van der Waals surface area contributed by atoms with Gasteiger partial charge in [-0.2, -0.15) is 0 Å². The largest absolute Gasteiger partial charge is 0.486 e. The van der Waals surface area contributed by atoms with Gasteiger partial charge in [0.1, 0.15) is 13.2 Å². The van der Waals surface area contributed by atoms with Crippen LogP contribution in [0.2, 0.25) is 0 Å². The Morgan fingerprint density at radius 3 is 2.61 bits per heavy atom. The van der Waals surface area contributed by atoms with Gasteiger partial charge >= 0.3 is 0 Å². The molecule has 1 N–H and O–H groups in total. The molecule has 1 aliphatic rings. The van der Waals surface area contributed by atoms with E-state index in [1.165, 1.54) is 0 Å². The number of nitrogens with one attached hydrogen (secondary N) is 1. The standard InChI is InChI=1S/C12H17NO4S/c1-3-18(14,15)13-9(2)10-4-5-11-12(8-10)17-7-6-16-11/h4-5,8-9,13H,3,6-7H2,1-2H3/t9-/m1/s1. The molecular formula is C12H17NO4S. The van der Waals surface area contributed by atoms with Gasteiger partial charge in [0, 0.05) is 6.04 Å². The second-order valence-corrected chi connectivity index (χ2v) is 6.19. The maximum atomic E-state index is 11.5. The van der Waals surface area contributed by atoms with E-state index in [-0.39, 0.29) is 11.8 Å². The summed E-state index contributed by atoms with van der Waals surface area (Å²) >= 11 is 0. The Balaban J connectivity index is 2.18. The summed E-state index contributed by atoms with van der Waals surface area (Å²) in [5.74, 6) is 1.44. The average Bonchev–Trinajstić information content (AvgIpc) is 2.37. The lowest BCUT2D eigenvalue weighted by Crippen LogP contribution is -2.28. The molecule has 0 unspecified atom stereocenters. The molecule has 0 amide bonds. The molecule has 0 spiro atoms. The van der Waals surface area contributed by atoms with Crippen LogP contribution in [0.15, 0.2) is 18.2 Å². The maximum Gasteiger partial charge on any atom is 0.211 e. The van der Waals surface area contributed by atoms with Crippen LogP contribution >= 0.6 is 0 Å². The molecule has 6 heteroatoms. The SMILES string of the molecule is CCS(=O)(=O)N[C@H](C)c1ccc2c(c1)OCCO2. The van der Waals surface area contributed by atoms with Gasteiger partial charge in [-0.15, -0.1) is 0 Å². The van der Waals surface area contributed by atoms with Gasteiger partial charge in [0.25, 0.3) is 0 Å². The minimum atomic E-state index is -3.21. The van der Waals surface area contributed by atoms with E-state index in [2.05, 4.69) is 4.72 Å². The highest BCUT2D eigenvalue weighted by molar-refractivity contribution is 7.89. The average molecular weight is 271 g/mol. The fourth-order valence-electron chi connectivity index (χ4n) is 1.75. The third-order valence-corrected chi connectivity index (χ3v) is 4.28. The normalized spacial score (nSPS) is 16.3. The van der Waals surface area contributed by atoms with E-state index in [9.17, 15) is 8.42 Å². The Hall–Kier alpha value is -1.27. The van der Waals surface area contributed by atoms with Crippen molar-refractivity contribution < 1.29 is 17.9 Å². The fourth-order valence-corrected chi connectivity index (χ4v) is 2.59. The molecule has 5 nitrogen and oxygen atoms in total. The van der Waals surface area contributed by atoms with E-state index in [0.29, 0.717) is 24.7 Å². The Kier molecular flexibility index (Phi) is 3.77. The summed E-state index contributed by atoms with van der Waals surface area (Å²) in [5.41, 5.74) is 0.858. The van der Waals surface area contributed by atoms with Crippen LogP contribution in [0.1, 0.15) is 25.5 Å². The molecule has 0 saturated carbocycles. The van der Waals surface area contributed by atoms with Gasteiger partial charge in [0.05, 0.1) is 5.75 Å². The minimum absolute atomic E-state index is 0.0713. The van der Waals surface area contributed by atoms with Crippen LogP contribution in [0.3, 0.4) is 0 Å². The third-order valence-electron chi connectivity index (χ3n) is 2.80. The van der Waals surface area contributed by atoms with Crippen LogP contribution in [-0.4, -0.2) is 27.4 Å². The summed E-state index contributed by atoms with van der Waals surface area (Å²) in [6.07, 6.45) is 0. The molecule has 0 fully saturated rings. The zero-order chi connectivity index (χ0) is 13.2. The van der Waals surface area contributed by atoms with Crippen LogP contribution in [0.25, 0.3) is 0 Å². The first-order valence-corrected chi connectivity index (χ1v) is 7.56. The smallest absolute Gasteiger partial charge is 0.211 e. The van der Waals surface area contributed by atoms with Crippen molar-refractivity contribution in [3.05, 3.63) is 23.8 Å². The Morgan fingerprint density at radius 1 is 1.28 bits per heavy atom. The molecule has 100 valence electrons. The molecule has 1 heterocycles. The first-order valence-electron chi connectivity index (χ1n) is 5.91. The highest BCUT2D eigenvalue weighted by Crippen LogP contribution is 2.32. The molecule has 1 aromatic carbocycles. The van der Waals surface area contributed by atoms with E-state index >= 15 is 0 Å². The van der Waals surface area contributed by atoms with Crippen LogP contribution in [0.5, 0.6) is 11.5 Å². The van der Waals surface area contributed by atoms with E-state index in [4.69, 9.17) is 9.47 Å². The molecule has 0 aromatic heterocycles. The number of hydrogen-bond acceptors (Lipinski definition) is 4. The molecule has 1 aliphatic heterocycles. The molecule has 1 atom stereocenters. The number of sulfonamides is 1. The maximum absolute atomic E-state index is 11.5. The Morgan fingerprint density at radius 2 is 1.94 bits per heavy atom. The number of fused-ring (bicyclic) bond motifs is 1. The van der Waals surface area contributed by atoms with E-state index in [1.807, 2.05) is 12.1 Å². The number of rotatable bonds is 4. The van der Waals surface area contributed by atoms with Crippen molar-refractivity contribution in [2.45, 2.75) is 19.9 Å². The number of benzene rings is 1. The third kappa shape index (κ3) is 2.94. The van der Waals surface area contributed by atoms with Crippen molar-refractivity contribution in [2.24, 2.45) is 0 Å². The van der Waals surface area contributed by atoms with Crippen molar-refractivity contribution in [1.82, 2.24) is 4.72 Å². The van der Waals surface area contributed by atoms with Gasteiger partial charge in [-0.3, -0.25) is 0 Å². The van der Waals surface area contributed by atoms with Gasteiger partial charge < -0.3 is 9.47 Å². The van der Waals surface area contributed by atoms with Crippen LogP contribution < -0.4 is 14.2 Å². The molecule has 18 heavy (non-hydrogen) atoms. The molecule has 0 bridgehead atoms. The second-order valence-electron chi connectivity index (χ2n) is 4.15. The van der Waals surface area contributed by atoms with Crippen LogP contribution in [-0.2, 0) is 10.0 Å². The molecule has 0 aliphatic carbocycles. The fraction of sp³-hybridized carbons (Fsp3) is 0.500. The van der Waals surface area contributed by atoms with Crippen LogP contribution in [0, 0.1) is 0 Å². The monoisotopic (exact) mass is 271 g/mol. The van der Waals surface area contributed by atoms with E-state index < -0.39 is 10.0 Å². The van der Waals surface area contributed by atoms with E-state index in [1.54, 1.807) is 19.9 Å². The quantitative estimate of drug-likeness (QED) is 0.900. The summed E-state index contributed by atoms with van der Waals surface area (Å²) < 4.78 is 36.5. The van der Waals surface area contributed by atoms with Gasteiger partial charge in [-0.05, 0) is 31.5 Å². The van der Waals surface area contributed by atoms with Crippen LogP contribution in [0.4, 0.5) is 0 Å². The second kappa shape index (κ2) is 5.16. The van der Waals surface area contributed by atoms with Gasteiger partial charge in [-0.1, -0.05) is 6.07 Å². The zero-order valence-electron chi connectivity index (χ0n) is 10.5. The first kappa shape index (κ1) is 13.2. The van der Waals surface area contributed by atoms with Gasteiger partial charge in [-0.25, -0.2) is 13.1 Å². The predicted octanol–water partition coefficient (Wildman–Crippen LogP) is 1.46. The lowest BCUT2D eigenvalue weighted by atomic mass is 10.1.